The largest absolute Gasteiger partial charge is 0.366 e. The minimum Gasteiger partial charge on any atom is -0.366 e. The van der Waals surface area contributed by atoms with Crippen LogP contribution in [-0.4, -0.2) is 20.1 Å². The molecule has 1 atom stereocenters. The third-order valence-electron chi connectivity index (χ3n) is 4.32. The number of hydrogen-bond donors (Lipinski definition) is 0. The first kappa shape index (κ1) is 17.7. The lowest BCUT2D eigenvalue weighted by atomic mass is 9.92. The number of aryl methyl sites for hydroxylation is 1. The van der Waals surface area contributed by atoms with Gasteiger partial charge in [0, 0.05) is 0 Å². The first-order valence-electron chi connectivity index (χ1n) is 7.75. The van der Waals surface area contributed by atoms with E-state index in [1.807, 2.05) is 19.1 Å². The molecule has 0 bridgehead atoms. The van der Waals surface area contributed by atoms with Crippen LogP contribution in [0.2, 0.25) is 0 Å². The molecular weight excluding hydrogens is 308 g/mol. The minimum absolute atomic E-state index is 0.136. The van der Waals surface area contributed by atoms with Crippen LogP contribution in [0.5, 0.6) is 0 Å². The molecule has 1 unspecified atom stereocenters. The van der Waals surface area contributed by atoms with Crippen LogP contribution in [0.1, 0.15) is 31.2 Å². The van der Waals surface area contributed by atoms with Crippen LogP contribution in [-0.2, 0) is 14.6 Å². The van der Waals surface area contributed by atoms with Crippen LogP contribution in [0.3, 0.4) is 0 Å². The lowest BCUT2D eigenvalue weighted by Gasteiger charge is -2.27. The van der Waals surface area contributed by atoms with Crippen molar-refractivity contribution < 1.29 is 13.2 Å². The molecule has 0 amide bonds. The third-order valence-corrected chi connectivity index (χ3v) is 6.17. The molecule has 1 heterocycles. The summed E-state index contributed by atoms with van der Waals surface area (Å²) in [7, 11) is -3.59. The van der Waals surface area contributed by atoms with Crippen molar-refractivity contribution >= 4 is 9.84 Å². The molecule has 3 nitrogen and oxygen atoms in total. The van der Waals surface area contributed by atoms with E-state index in [0.29, 0.717) is 19.3 Å². The average Bonchev–Trinajstić information content (AvgIpc) is 2.91. The summed E-state index contributed by atoms with van der Waals surface area (Å²) in [5, 5.41) is 0. The zero-order chi connectivity index (χ0) is 17.1. The Hall–Kier alpha value is -1.65. The summed E-state index contributed by atoms with van der Waals surface area (Å²) in [5.41, 5.74) is 0.613. The van der Waals surface area contributed by atoms with Crippen molar-refractivity contribution in [3.63, 3.8) is 0 Å². The summed E-state index contributed by atoms with van der Waals surface area (Å²) < 4.78 is 31.6. The van der Waals surface area contributed by atoms with Gasteiger partial charge in [-0.15, -0.1) is 13.2 Å². The molecule has 1 aliphatic heterocycles. The van der Waals surface area contributed by atoms with Crippen molar-refractivity contribution in [3.05, 3.63) is 66.6 Å². The van der Waals surface area contributed by atoms with Crippen molar-refractivity contribution in [1.82, 2.24) is 0 Å². The number of rotatable bonds is 7. The lowest BCUT2D eigenvalue weighted by molar-refractivity contribution is -0.0203. The molecular formula is C19H24O3S. The normalized spacial score (nSPS) is 20.1. The molecule has 1 aromatic rings. The summed E-state index contributed by atoms with van der Waals surface area (Å²) in [6, 6.07) is 6.81. The van der Waals surface area contributed by atoms with Crippen LogP contribution >= 0.6 is 0 Å². The molecule has 0 spiro atoms. The van der Waals surface area contributed by atoms with Crippen LogP contribution in [0, 0.1) is 6.92 Å². The highest BCUT2D eigenvalue weighted by Gasteiger charge is 2.42. The Labute approximate surface area is 139 Å². The van der Waals surface area contributed by atoms with Crippen LogP contribution in [0.25, 0.3) is 0 Å². The van der Waals surface area contributed by atoms with Crippen LogP contribution in [0.15, 0.2) is 66.0 Å². The Balaban J connectivity index is 2.22. The number of benzene rings is 1. The van der Waals surface area contributed by atoms with Crippen molar-refractivity contribution in [1.29, 1.82) is 0 Å². The van der Waals surface area contributed by atoms with Gasteiger partial charge in [0.25, 0.3) is 0 Å². The molecule has 4 heteroatoms. The summed E-state index contributed by atoms with van der Waals surface area (Å²) in [6.45, 7) is 13.3. The molecule has 0 saturated carbocycles. The standard InChI is InChI=1S/C19H24O3S/c1-5-12-19(13-6-2)14-11-18(22-19)16(4)23(20,21)17-9-7-15(3)8-10-17/h5-10,18H,1-2,4,11-14H2,3H3. The molecule has 124 valence electrons. The smallest absolute Gasteiger partial charge is 0.204 e. The number of ether oxygens (including phenoxy) is 1. The molecule has 1 saturated heterocycles. The molecule has 1 aromatic carbocycles. The highest BCUT2D eigenvalue weighted by molar-refractivity contribution is 7.95. The molecule has 0 aliphatic carbocycles. The van der Waals surface area contributed by atoms with E-state index in [-0.39, 0.29) is 9.80 Å². The first-order valence-corrected chi connectivity index (χ1v) is 9.23. The van der Waals surface area contributed by atoms with E-state index in [4.69, 9.17) is 4.74 Å². The highest BCUT2D eigenvalue weighted by atomic mass is 32.2. The maximum absolute atomic E-state index is 12.7. The quantitative estimate of drug-likeness (QED) is 0.697. The molecule has 23 heavy (non-hydrogen) atoms. The van der Waals surface area contributed by atoms with E-state index in [0.717, 1.165) is 12.0 Å². The fraction of sp³-hybridized carbons (Fsp3) is 0.368. The van der Waals surface area contributed by atoms with Crippen molar-refractivity contribution in [3.8, 4) is 0 Å². The second-order valence-corrected chi connectivity index (χ2v) is 8.10. The Morgan fingerprint density at radius 2 is 1.83 bits per heavy atom. The Morgan fingerprint density at radius 1 is 1.26 bits per heavy atom. The zero-order valence-electron chi connectivity index (χ0n) is 13.6. The Kier molecular flexibility index (Phi) is 5.27. The molecule has 1 aliphatic rings. The molecule has 0 aromatic heterocycles. The first-order chi connectivity index (χ1) is 10.8. The average molecular weight is 332 g/mol. The van der Waals surface area contributed by atoms with Gasteiger partial charge >= 0.3 is 0 Å². The predicted molar refractivity (Wildman–Crippen MR) is 94.0 cm³/mol. The summed E-state index contributed by atoms with van der Waals surface area (Å²) in [4.78, 5) is 0.401. The van der Waals surface area contributed by atoms with Crippen LogP contribution in [0.4, 0.5) is 0 Å². The van der Waals surface area contributed by atoms with Gasteiger partial charge in [-0.1, -0.05) is 36.4 Å². The van der Waals surface area contributed by atoms with E-state index in [1.54, 1.807) is 24.3 Å². The van der Waals surface area contributed by atoms with Gasteiger partial charge in [0.2, 0.25) is 9.84 Å². The van der Waals surface area contributed by atoms with E-state index in [1.165, 1.54) is 0 Å². The van der Waals surface area contributed by atoms with Crippen LogP contribution < -0.4 is 0 Å². The van der Waals surface area contributed by atoms with Gasteiger partial charge < -0.3 is 4.74 Å². The monoisotopic (exact) mass is 332 g/mol. The minimum atomic E-state index is -3.59. The maximum Gasteiger partial charge on any atom is 0.204 e. The van der Waals surface area contributed by atoms with Gasteiger partial charge in [-0.05, 0) is 44.7 Å². The van der Waals surface area contributed by atoms with E-state index in [9.17, 15) is 8.42 Å². The Bertz CT molecular complexity index is 689. The van der Waals surface area contributed by atoms with Crippen molar-refractivity contribution in [2.75, 3.05) is 0 Å². The fourth-order valence-corrected chi connectivity index (χ4v) is 4.30. The van der Waals surface area contributed by atoms with Gasteiger partial charge in [-0.3, -0.25) is 0 Å². The van der Waals surface area contributed by atoms with Gasteiger partial charge in [-0.2, -0.15) is 0 Å². The maximum atomic E-state index is 12.7. The molecule has 2 rings (SSSR count). The number of sulfone groups is 1. The second kappa shape index (κ2) is 6.85. The molecule has 0 N–H and O–H groups in total. The van der Waals surface area contributed by atoms with E-state index in [2.05, 4.69) is 19.7 Å². The SMILES string of the molecule is C=CCC1(CC=C)CCC(C(=C)S(=O)(=O)c2ccc(C)cc2)O1. The second-order valence-electron chi connectivity index (χ2n) is 6.10. The summed E-state index contributed by atoms with van der Waals surface area (Å²) >= 11 is 0. The van der Waals surface area contributed by atoms with Gasteiger partial charge in [-0.25, -0.2) is 8.42 Å². The molecule has 1 fully saturated rings. The summed E-state index contributed by atoms with van der Waals surface area (Å²) in [6.07, 6.45) is 5.90. The van der Waals surface area contributed by atoms with E-state index >= 15 is 0 Å². The third kappa shape index (κ3) is 3.65. The van der Waals surface area contributed by atoms with Gasteiger partial charge in [0.05, 0.1) is 21.5 Å². The van der Waals surface area contributed by atoms with E-state index < -0.39 is 21.5 Å². The van der Waals surface area contributed by atoms with Crippen molar-refractivity contribution in [2.24, 2.45) is 0 Å². The fourth-order valence-electron chi connectivity index (χ4n) is 2.99. The summed E-state index contributed by atoms with van der Waals surface area (Å²) in [5.74, 6) is 0. The zero-order valence-corrected chi connectivity index (χ0v) is 14.4. The topological polar surface area (TPSA) is 43.4 Å². The Morgan fingerprint density at radius 3 is 2.35 bits per heavy atom. The highest BCUT2D eigenvalue weighted by Crippen LogP contribution is 2.40. The molecule has 0 radical (unpaired) electrons. The van der Waals surface area contributed by atoms with Gasteiger partial charge in [0.1, 0.15) is 0 Å². The predicted octanol–water partition coefficient (Wildman–Crippen LogP) is 4.35. The number of hydrogen-bond acceptors (Lipinski definition) is 3. The van der Waals surface area contributed by atoms with Crippen molar-refractivity contribution in [2.45, 2.75) is 49.2 Å². The van der Waals surface area contributed by atoms with Gasteiger partial charge in [0.15, 0.2) is 0 Å². The lowest BCUT2D eigenvalue weighted by Crippen LogP contribution is -2.29.